The Labute approximate surface area is 100 Å². The fourth-order valence-corrected chi connectivity index (χ4v) is 1.18. The number of carbonyl (C=O) groups excluding carboxylic acids is 1. The van der Waals surface area contributed by atoms with Crippen LogP contribution in [0.4, 0.5) is 0 Å². The first-order chi connectivity index (χ1) is 6.99. The van der Waals surface area contributed by atoms with Crippen molar-refractivity contribution in [2.75, 3.05) is 13.6 Å². The quantitative estimate of drug-likeness (QED) is 0.693. The molecule has 0 bridgehead atoms. The average molecular weight is 229 g/mol. The molecule has 3 nitrogen and oxygen atoms in total. The van der Waals surface area contributed by atoms with Gasteiger partial charge in [-0.15, -0.1) is 5.06 Å². The van der Waals surface area contributed by atoms with Crippen molar-refractivity contribution >= 4 is 5.97 Å². The number of nitrogens with zero attached hydrogens (tertiary/aromatic N) is 1. The summed E-state index contributed by atoms with van der Waals surface area (Å²) in [4.78, 5) is 16.7. The highest BCUT2D eigenvalue weighted by Gasteiger charge is 2.19. The molecule has 0 aromatic heterocycles. The molecule has 0 heterocycles. The van der Waals surface area contributed by atoms with Crippen molar-refractivity contribution in [3.8, 4) is 0 Å². The van der Waals surface area contributed by atoms with Crippen LogP contribution < -0.4 is 0 Å². The second-order valence-electron chi connectivity index (χ2n) is 6.86. The zero-order chi connectivity index (χ0) is 13.0. The third-order valence-electron chi connectivity index (χ3n) is 2.11. The van der Waals surface area contributed by atoms with Crippen molar-refractivity contribution in [3.05, 3.63) is 0 Å². The summed E-state index contributed by atoms with van der Waals surface area (Å²) < 4.78 is 0. The maximum Gasteiger partial charge on any atom is 0.325 e. The smallest absolute Gasteiger partial charge is 0.325 e. The van der Waals surface area contributed by atoms with Gasteiger partial charge in [0.25, 0.3) is 0 Å². The predicted octanol–water partition coefficient (Wildman–Crippen LogP) is 3.25. The molecule has 0 atom stereocenters. The average Bonchev–Trinajstić information content (AvgIpc) is 1.95. The van der Waals surface area contributed by atoms with Gasteiger partial charge in [-0.3, -0.25) is 4.79 Å². The number of hydrogen-bond acceptors (Lipinski definition) is 3. The molecule has 0 unspecified atom stereocenters. The molecule has 0 aromatic rings. The summed E-state index contributed by atoms with van der Waals surface area (Å²) in [5.41, 5.74) is 0.257. The van der Waals surface area contributed by atoms with E-state index in [1.54, 1.807) is 5.06 Å². The van der Waals surface area contributed by atoms with Crippen LogP contribution in [-0.4, -0.2) is 24.6 Å². The highest BCUT2D eigenvalue weighted by molar-refractivity contribution is 5.69. The largest absolute Gasteiger partial charge is 0.368 e. The molecule has 0 aromatic carbocycles. The van der Waals surface area contributed by atoms with E-state index in [4.69, 9.17) is 4.84 Å². The number of rotatable bonds is 4. The van der Waals surface area contributed by atoms with Gasteiger partial charge in [0, 0.05) is 13.6 Å². The van der Waals surface area contributed by atoms with Crippen LogP contribution in [0.5, 0.6) is 0 Å². The summed E-state index contributed by atoms with van der Waals surface area (Å²) in [5, 5.41) is 1.64. The lowest BCUT2D eigenvalue weighted by atomic mass is 9.92. The maximum absolute atomic E-state index is 11.5. The summed E-state index contributed by atoms with van der Waals surface area (Å²) in [6.45, 7) is 13.4. The van der Waals surface area contributed by atoms with Gasteiger partial charge in [0.05, 0.1) is 6.42 Å². The standard InChI is InChI=1S/C13H27NO2/c1-12(2,3)8-9-14(7)16-11(15)10-13(4,5)6/h8-10H2,1-7H3. The van der Waals surface area contributed by atoms with Crippen LogP contribution in [0.3, 0.4) is 0 Å². The molecule has 0 spiro atoms. The zero-order valence-corrected chi connectivity index (χ0v) is 11.9. The van der Waals surface area contributed by atoms with Gasteiger partial charge in [0.1, 0.15) is 0 Å². The summed E-state index contributed by atoms with van der Waals surface area (Å²) in [6, 6.07) is 0. The topological polar surface area (TPSA) is 29.5 Å². The molecule has 0 N–H and O–H groups in total. The van der Waals surface area contributed by atoms with Gasteiger partial charge in [-0.25, -0.2) is 0 Å². The molecule has 0 radical (unpaired) electrons. The first kappa shape index (κ1) is 15.4. The van der Waals surface area contributed by atoms with Crippen molar-refractivity contribution in [2.24, 2.45) is 10.8 Å². The second kappa shape index (κ2) is 5.67. The van der Waals surface area contributed by atoms with Gasteiger partial charge in [0.15, 0.2) is 0 Å². The van der Waals surface area contributed by atoms with Crippen LogP contribution in [-0.2, 0) is 9.63 Å². The Morgan fingerprint density at radius 2 is 1.56 bits per heavy atom. The summed E-state index contributed by atoms with van der Waals surface area (Å²) >= 11 is 0. The number of hydroxylamine groups is 2. The molecule has 0 aliphatic carbocycles. The van der Waals surface area contributed by atoms with E-state index >= 15 is 0 Å². The van der Waals surface area contributed by atoms with Crippen molar-refractivity contribution in [1.29, 1.82) is 0 Å². The molecule has 0 aliphatic rings. The van der Waals surface area contributed by atoms with Crippen LogP contribution >= 0.6 is 0 Å². The molecule has 16 heavy (non-hydrogen) atoms. The van der Waals surface area contributed by atoms with Crippen LogP contribution in [0.2, 0.25) is 0 Å². The fraction of sp³-hybridized carbons (Fsp3) is 0.923. The van der Waals surface area contributed by atoms with Crippen LogP contribution in [0.25, 0.3) is 0 Å². The number of hydrogen-bond donors (Lipinski definition) is 0. The summed E-state index contributed by atoms with van der Waals surface area (Å²) in [7, 11) is 1.81. The predicted molar refractivity (Wildman–Crippen MR) is 66.9 cm³/mol. The Morgan fingerprint density at radius 1 is 1.06 bits per heavy atom. The highest BCUT2D eigenvalue weighted by Crippen LogP contribution is 2.20. The van der Waals surface area contributed by atoms with Gasteiger partial charge in [0.2, 0.25) is 0 Å². The van der Waals surface area contributed by atoms with E-state index in [2.05, 4.69) is 20.8 Å². The molecular weight excluding hydrogens is 202 g/mol. The van der Waals surface area contributed by atoms with E-state index in [0.29, 0.717) is 6.42 Å². The van der Waals surface area contributed by atoms with Gasteiger partial charge in [-0.05, 0) is 17.3 Å². The van der Waals surface area contributed by atoms with E-state index in [-0.39, 0.29) is 16.8 Å². The molecule has 3 heteroatoms. The Bertz CT molecular complexity index is 223. The minimum atomic E-state index is -0.149. The lowest BCUT2D eigenvalue weighted by molar-refractivity contribution is -0.187. The lowest BCUT2D eigenvalue weighted by Crippen LogP contribution is -2.28. The van der Waals surface area contributed by atoms with Crippen molar-refractivity contribution in [1.82, 2.24) is 5.06 Å². The van der Waals surface area contributed by atoms with Crippen LogP contribution in [0, 0.1) is 10.8 Å². The highest BCUT2D eigenvalue weighted by atomic mass is 16.7. The SMILES string of the molecule is CN(CCC(C)(C)C)OC(=O)CC(C)(C)C. The van der Waals surface area contributed by atoms with Gasteiger partial charge < -0.3 is 4.84 Å². The van der Waals surface area contributed by atoms with E-state index in [1.165, 1.54) is 0 Å². The molecule has 0 amide bonds. The molecule has 0 aliphatic heterocycles. The molecule has 0 saturated carbocycles. The Hall–Kier alpha value is -0.570. The van der Waals surface area contributed by atoms with Crippen LogP contribution in [0.1, 0.15) is 54.4 Å². The summed E-state index contributed by atoms with van der Waals surface area (Å²) in [6.07, 6.45) is 1.46. The molecule has 0 rings (SSSR count). The van der Waals surface area contributed by atoms with Crippen molar-refractivity contribution in [2.45, 2.75) is 54.4 Å². The Morgan fingerprint density at radius 3 is 1.94 bits per heavy atom. The lowest BCUT2D eigenvalue weighted by Gasteiger charge is -2.24. The molecule has 0 saturated heterocycles. The molecular formula is C13H27NO2. The van der Waals surface area contributed by atoms with E-state index < -0.39 is 0 Å². The monoisotopic (exact) mass is 229 g/mol. The van der Waals surface area contributed by atoms with Gasteiger partial charge in [-0.2, -0.15) is 0 Å². The molecule has 96 valence electrons. The normalized spacial score (nSPS) is 13.0. The Balaban J connectivity index is 3.88. The van der Waals surface area contributed by atoms with Gasteiger partial charge >= 0.3 is 5.97 Å². The van der Waals surface area contributed by atoms with Crippen molar-refractivity contribution < 1.29 is 9.63 Å². The second-order valence-corrected chi connectivity index (χ2v) is 6.86. The minimum Gasteiger partial charge on any atom is -0.368 e. The molecule has 0 fully saturated rings. The van der Waals surface area contributed by atoms with Crippen molar-refractivity contribution in [3.63, 3.8) is 0 Å². The number of carbonyl (C=O) groups is 1. The minimum absolute atomic E-state index is 0.0120. The zero-order valence-electron chi connectivity index (χ0n) is 11.9. The fourth-order valence-electron chi connectivity index (χ4n) is 1.18. The van der Waals surface area contributed by atoms with E-state index in [0.717, 1.165) is 13.0 Å². The first-order valence-electron chi connectivity index (χ1n) is 5.91. The van der Waals surface area contributed by atoms with E-state index in [1.807, 2.05) is 27.8 Å². The Kier molecular flexibility index (Phi) is 5.47. The van der Waals surface area contributed by atoms with E-state index in [9.17, 15) is 4.79 Å². The third kappa shape index (κ3) is 9.97. The maximum atomic E-state index is 11.5. The first-order valence-corrected chi connectivity index (χ1v) is 5.91. The van der Waals surface area contributed by atoms with Crippen LogP contribution in [0.15, 0.2) is 0 Å². The third-order valence-corrected chi connectivity index (χ3v) is 2.11. The summed E-state index contributed by atoms with van der Waals surface area (Å²) in [5.74, 6) is -0.149. The van der Waals surface area contributed by atoms with Gasteiger partial charge in [-0.1, -0.05) is 41.5 Å².